The van der Waals surface area contributed by atoms with Gasteiger partial charge in [-0.15, -0.1) is 11.3 Å². The van der Waals surface area contributed by atoms with Crippen LogP contribution in [-0.2, 0) is 22.6 Å². The maximum atomic E-state index is 12.9. The molecule has 0 spiro atoms. The van der Waals surface area contributed by atoms with Crippen LogP contribution in [0, 0.1) is 6.92 Å². The van der Waals surface area contributed by atoms with Gasteiger partial charge in [0.1, 0.15) is 6.10 Å². The number of aryl methyl sites for hydroxylation is 1. The molecule has 1 atom stereocenters. The van der Waals surface area contributed by atoms with Gasteiger partial charge < -0.3 is 9.64 Å². The highest BCUT2D eigenvalue weighted by atomic mass is 32.1. The highest BCUT2D eigenvalue weighted by Gasteiger charge is 2.27. The smallest absolute Gasteiger partial charge is 0.252 e. The summed E-state index contributed by atoms with van der Waals surface area (Å²) in [6.07, 6.45) is 6.20. The molecule has 0 saturated carbocycles. The van der Waals surface area contributed by atoms with E-state index in [1.165, 1.54) is 9.75 Å². The average molecular weight is 330 g/mol. The Morgan fingerprint density at radius 3 is 2.74 bits per heavy atom. The van der Waals surface area contributed by atoms with Crippen molar-refractivity contribution in [2.45, 2.75) is 45.4 Å². The second kappa shape index (κ2) is 7.70. The topological polar surface area (TPSA) is 42.4 Å². The van der Waals surface area contributed by atoms with E-state index in [0.29, 0.717) is 19.7 Å². The van der Waals surface area contributed by atoms with E-state index in [9.17, 15) is 4.79 Å². The fraction of sp³-hybridized carbons (Fsp3) is 0.444. The number of aromatic nitrogens is 1. The Bertz CT molecular complexity index is 635. The molecule has 1 unspecified atom stereocenters. The normalized spacial score (nSPS) is 17.9. The van der Waals surface area contributed by atoms with Crippen LogP contribution in [0.4, 0.5) is 0 Å². The van der Waals surface area contributed by atoms with Crippen LogP contribution in [0.2, 0.25) is 0 Å². The molecule has 0 bridgehead atoms. The number of nitrogens with zero attached hydrogens (tertiary/aromatic N) is 2. The first-order valence-electron chi connectivity index (χ1n) is 8.07. The minimum atomic E-state index is -0.286. The Kier molecular flexibility index (Phi) is 5.41. The van der Waals surface area contributed by atoms with Crippen LogP contribution < -0.4 is 0 Å². The summed E-state index contributed by atoms with van der Waals surface area (Å²) in [6.45, 7) is 4.02. The van der Waals surface area contributed by atoms with Gasteiger partial charge >= 0.3 is 0 Å². The van der Waals surface area contributed by atoms with Gasteiger partial charge in [0, 0.05) is 35.3 Å². The SMILES string of the molecule is Cc1ccc(CN(Cc2ccncc2)C(=O)C2CCCCO2)s1. The van der Waals surface area contributed by atoms with Crippen molar-refractivity contribution in [3.05, 3.63) is 52.0 Å². The second-order valence-electron chi connectivity index (χ2n) is 5.92. The molecule has 1 aliphatic rings. The zero-order valence-corrected chi connectivity index (χ0v) is 14.2. The molecule has 1 saturated heterocycles. The minimum Gasteiger partial charge on any atom is -0.368 e. The number of ether oxygens (including phenoxy) is 1. The van der Waals surface area contributed by atoms with Gasteiger partial charge in [-0.05, 0) is 56.0 Å². The van der Waals surface area contributed by atoms with E-state index in [1.807, 2.05) is 17.0 Å². The standard InChI is InChI=1S/C18H22N2O2S/c1-14-5-6-16(23-14)13-20(12-15-7-9-19-10-8-15)18(21)17-4-2-3-11-22-17/h5-10,17H,2-4,11-13H2,1H3. The van der Waals surface area contributed by atoms with Crippen molar-refractivity contribution >= 4 is 17.2 Å². The summed E-state index contributed by atoms with van der Waals surface area (Å²) in [6, 6.07) is 8.13. The number of rotatable bonds is 5. The molecule has 0 aliphatic carbocycles. The molecule has 2 aromatic heterocycles. The lowest BCUT2D eigenvalue weighted by atomic mass is 10.1. The first-order valence-corrected chi connectivity index (χ1v) is 8.88. The summed E-state index contributed by atoms with van der Waals surface area (Å²) in [4.78, 5) is 21.3. The van der Waals surface area contributed by atoms with Gasteiger partial charge in [-0.3, -0.25) is 9.78 Å². The third kappa shape index (κ3) is 4.39. The number of hydrogen-bond acceptors (Lipinski definition) is 4. The summed E-state index contributed by atoms with van der Waals surface area (Å²) < 4.78 is 5.70. The van der Waals surface area contributed by atoms with E-state index >= 15 is 0 Å². The largest absolute Gasteiger partial charge is 0.368 e. The molecule has 122 valence electrons. The monoisotopic (exact) mass is 330 g/mol. The Hall–Kier alpha value is -1.72. The first kappa shape index (κ1) is 16.1. The van der Waals surface area contributed by atoms with Gasteiger partial charge in [-0.25, -0.2) is 0 Å². The van der Waals surface area contributed by atoms with Gasteiger partial charge in [-0.2, -0.15) is 0 Å². The molecule has 3 rings (SSSR count). The summed E-state index contributed by atoms with van der Waals surface area (Å²) in [5, 5.41) is 0. The van der Waals surface area contributed by atoms with Crippen LogP contribution in [-0.4, -0.2) is 28.5 Å². The number of thiophene rings is 1. The van der Waals surface area contributed by atoms with Gasteiger partial charge in [0.15, 0.2) is 0 Å². The van der Waals surface area contributed by atoms with E-state index < -0.39 is 0 Å². The predicted octanol–water partition coefficient (Wildman–Crippen LogP) is 3.55. The Morgan fingerprint density at radius 1 is 1.26 bits per heavy atom. The lowest BCUT2D eigenvalue weighted by Gasteiger charge is -2.29. The third-order valence-electron chi connectivity index (χ3n) is 4.03. The zero-order chi connectivity index (χ0) is 16.1. The molecule has 2 aromatic rings. The lowest BCUT2D eigenvalue weighted by molar-refractivity contribution is -0.147. The van der Waals surface area contributed by atoms with Crippen LogP contribution in [0.1, 0.15) is 34.6 Å². The molecule has 5 heteroatoms. The third-order valence-corrected chi connectivity index (χ3v) is 5.02. The van der Waals surface area contributed by atoms with Crippen molar-refractivity contribution in [2.75, 3.05) is 6.61 Å². The van der Waals surface area contributed by atoms with Crippen molar-refractivity contribution in [1.29, 1.82) is 0 Å². The van der Waals surface area contributed by atoms with Crippen molar-refractivity contribution in [3.63, 3.8) is 0 Å². The van der Waals surface area contributed by atoms with Gasteiger partial charge in [0.25, 0.3) is 5.91 Å². The van der Waals surface area contributed by atoms with Gasteiger partial charge in [-0.1, -0.05) is 0 Å². The van der Waals surface area contributed by atoms with Crippen molar-refractivity contribution < 1.29 is 9.53 Å². The molecular formula is C18H22N2O2S. The van der Waals surface area contributed by atoms with Crippen molar-refractivity contribution in [1.82, 2.24) is 9.88 Å². The molecule has 4 nitrogen and oxygen atoms in total. The summed E-state index contributed by atoms with van der Waals surface area (Å²) in [5.74, 6) is 0.104. The molecule has 3 heterocycles. The molecule has 1 fully saturated rings. The minimum absolute atomic E-state index is 0.104. The maximum Gasteiger partial charge on any atom is 0.252 e. The zero-order valence-electron chi connectivity index (χ0n) is 13.4. The highest BCUT2D eigenvalue weighted by molar-refractivity contribution is 7.11. The Morgan fingerprint density at radius 2 is 2.09 bits per heavy atom. The fourth-order valence-electron chi connectivity index (χ4n) is 2.82. The van der Waals surface area contributed by atoms with E-state index in [-0.39, 0.29) is 12.0 Å². The quantitative estimate of drug-likeness (QED) is 0.842. The van der Waals surface area contributed by atoms with E-state index in [2.05, 4.69) is 24.0 Å². The molecule has 0 aromatic carbocycles. The average Bonchev–Trinajstić information content (AvgIpc) is 3.00. The number of pyridine rings is 1. The van der Waals surface area contributed by atoms with Crippen LogP contribution >= 0.6 is 11.3 Å². The number of carbonyl (C=O) groups is 1. The maximum absolute atomic E-state index is 12.9. The summed E-state index contributed by atoms with van der Waals surface area (Å²) >= 11 is 1.74. The molecule has 0 N–H and O–H groups in total. The number of carbonyl (C=O) groups excluding carboxylic acids is 1. The number of amides is 1. The van der Waals surface area contributed by atoms with E-state index in [0.717, 1.165) is 24.8 Å². The molecule has 23 heavy (non-hydrogen) atoms. The Labute approximate surface area is 141 Å². The lowest BCUT2D eigenvalue weighted by Crippen LogP contribution is -2.41. The first-order chi connectivity index (χ1) is 11.2. The Balaban J connectivity index is 1.75. The van der Waals surface area contributed by atoms with Crippen LogP contribution in [0.5, 0.6) is 0 Å². The molecule has 1 amide bonds. The molecule has 0 radical (unpaired) electrons. The van der Waals surface area contributed by atoms with Crippen LogP contribution in [0.15, 0.2) is 36.7 Å². The highest BCUT2D eigenvalue weighted by Crippen LogP contribution is 2.21. The van der Waals surface area contributed by atoms with Crippen LogP contribution in [0.25, 0.3) is 0 Å². The molecule has 1 aliphatic heterocycles. The predicted molar refractivity (Wildman–Crippen MR) is 91.1 cm³/mol. The summed E-state index contributed by atoms with van der Waals surface area (Å²) in [7, 11) is 0. The fourth-order valence-corrected chi connectivity index (χ4v) is 3.72. The van der Waals surface area contributed by atoms with E-state index in [1.54, 1.807) is 23.7 Å². The van der Waals surface area contributed by atoms with Crippen molar-refractivity contribution in [2.24, 2.45) is 0 Å². The van der Waals surface area contributed by atoms with Crippen molar-refractivity contribution in [3.8, 4) is 0 Å². The molecular weight excluding hydrogens is 308 g/mol. The van der Waals surface area contributed by atoms with Crippen LogP contribution in [0.3, 0.4) is 0 Å². The van der Waals surface area contributed by atoms with E-state index in [4.69, 9.17) is 4.74 Å². The second-order valence-corrected chi connectivity index (χ2v) is 7.29. The number of hydrogen-bond donors (Lipinski definition) is 0. The van der Waals surface area contributed by atoms with Gasteiger partial charge in [0.2, 0.25) is 0 Å². The van der Waals surface area contributed by atoms with Gasteiger partial charge in [0.05, 0.1) is 6.54 Å². The summed E-state index contributed by atoms with van der Waals surface area (Å²) in [5.41, 5.74) is 1.09.